The van der Waals surface area contributed by atoms with Crippen LogP contribution in [0.3, 0.4) is 0 Å². The molecule has 116 valence electrons. The fourth-order valence-corrected chi connectivity index (χ4v) is 3.70. The Kier molecular flexibility index (Phi) is 5.29. The Balaban J connectivity index is 1.43. The predicted molar refractivity (Wildman–Crippen MR) is 85.9 cm³/mol. The van der Waals surface area contributed by atoms with Crippen LogP contribution in [0.2, 0.25) is 0 Å². The first-order valence-electron chi connectivity index (χ1n) is 8.80. The van der Waals surface area contributed by atoms with Crippen LogP contribution in [0.5, 0.6) is 0 Å². The second kappa shape index (κ2) is 7.40. The number of hydrogen-bond donors (Lipinski definition) is 0. The van der Waals surface area contributed by atoms with E-state index in [1.165, 1.54) is 70.0 Å². The summed E-state index contributed by atoms with van der Waals surface area (Å²) in [5.41, 5.74) is 1.27. The monoisotopic (exact) mass is 289 g/mol. The van der Waals surface area contributed by atoms with E-state index in [0.717, 1.165) is 18.4 Å². The molecular formula is C19H28FN. The molecule has 0 heterocycles. The van der Waals surface area contributed by atoms with Crippen molar-refractivity contribution in [1.82, 2.24) is 4.90 Å². The van der Waals surface area contributed by atoms with E-state index in [0.29, 0.717) is 0 Å². The first-order chi connectivity index (χ1) is 10.3. The maximum atomic E-state index is 12.9. The summed E-state index contributed by atoms with van der Waals surface area (Å²) in [6.45, 7) is 2.55. The van der Waals surface area contributed by atoms with Crippen molar-refractivity contribution in [2.75, 3.05) is 13.1 Å². The average Bonchev–Trinajstić information content (AvgIpc) is 3.34. The van der Waals surface area contributed by atoms with E-state index >= 15 is 0 Å². The Labute approximate surface area is 128 Å². The molecule has 0 spiro atoms. The molecule has 3 rings (SSSR count). The van der Waals surface area contributed by atoms with Crippen molar-refractivity contribution in [3.8, 4) is 0 Å². The average molecular weight is 289 g/mol. The summed E-state index contributed by atoms with van der Waals surface area (Å²) in [5, 5.41) is 0. The van der Waals surface area contributed by atoms with Crippen molar-refractivity contribution < 1.29 is 4.39 Å². The van der Waals surface area contributed by atoms with Gasteiger partial charge in [-0.15, -0.1) is 0 Å². The third-order valence-corrected chi connectivity index (χ3v) is 5.10. The molecule has 0 atom stereocenters. The molecule has 1 nitrogen and oxygen atoms in total. The van der Waals surface area contributed by atoms with Crippen molar-refractivity contribution in [1.29, 1.82) is 0 Å². The minimum absolute atomic E-state index is 0.129. The van der Waals surface area contributed by atoms with Gasteiger partial charge in [-0.25, -0.2) is 4.39 Å². The lowest BCUT2D eigenvalue weighted by Gasteiger charge is -2.29. The molecule has 2 fully saturated rings. The van der Waals surface area contributed by atoms with E-state index in [-0.39, 0.29) is 5.82 Å². The van der Waals surface area contributed by atoms with Gasteiger partial charge in [0.2, 0.25) is 0 Å². The van der Waals surface area contributed by atoms with Crippen molar-refractivity contribution in [3.63, 3.8) is 0 Å². The third kappa shape index (κ3) is 4.81. The minimum atomic E-state index is -0.129. The summed E-state index contributed by atoms with van der Waals surface area (Å²) in [4.78, 5) is 2.75. The van der Waals surface area contributed by atoms with Gasteiger partial charge in [-0.3, -0.25) is 0 Å². The molecule has 0 aliphatic heterocycles. The molecule has 1 aromatic rings. The van der Waals surface area contributed by atoms with E-state index in [9.17, 15) is 4.39 Å². The summed E-state index contributed by atoms with van der Waals surface area (Å²) in [7, 11) is 0. The lowest BCUT2D eigenvalue weighted by molar-refractivity contribution is 0.191. The molecule has 0 saturated heterocycles. The molecule has 2 heteroatoms. The summed E-state index contributed by atoms with van der Waals surface area (Å²) in [6.07, 6.45) is 12.3. The van der Waals surface area contributed by atoms with E-state index in [2.05, 4.69) is 4.90 Å². The van der Waals surface area contributed by atoms with Gasteiger partial charge in [0.05, 0.1) is 0 Å². The molecule has 0 bridgehead atoms. The number of aryl methyl sites for hydroxylation is 1. The molecule has 0 aromatic heterocycles. The van der Waals surface area contributed by atoms with Crippen LogP contribution in [0.25, 0.3) is 0 Å². The highest BCUT2D eigenvalue weighted by Gasteiger charge is 2.30. The zero-order chi connectivity index (χ0) is 14.5. The van der Waals surface area contributed by atoms with E-state index in [1.807, 2.05) is 12.1 Å². The lowest BCUT2D eigenvalue weighted by Crippen LogP contribution is -2.33. The van der Waals surface area contributed by atoms with Gasteiger partial charge in [0.15, 0.2) is 0 Å². The van der Waals surface area contributed by atoms with E-state index in [4.69, 9.17) is 0 Å². The Morgan fingerprint density at radius 2 is 1.67 bits per heavy atom. The normalized spacial score (nSPS) is 20.1. The van der Waals surface area contributed by atoms with Gasteiger partial charge in [-0.05, 0) is 68.7 Å². The lowest BCUT2D eigenvalue weighted by atomic mass is 9.89. The van der Waals surface area contributed by atoms with E-state index < -0.39 is 0 Å². The van der Waals surface area contributed by atoms with Crippen molar-refractivity contribution in [2.24, 2.45) is 5.92 Å². The summed E-state index contributed by atoms with van der Waals surface area (Å²) < 4.78 is 12.9. The largest absolute Gasteiger partial charge is 0.300 e. The third-order valence-electron chi connectivity index (χ3n) is 5.10. The number of hydrogen-bond acceptors (Lipinski definition) is 1. The Bertz CT molecular complexity index is 418. The van der Waals surface area contributed by atoms with Crippen LogP contribution >= 0.6 is 0 Å². The van der Waals surface area contributed by atoms with Crippen LogP contribution in [-0.2, 0) is 6.42 Å². The van der Waals surface area contributed by atoms with Crippen molar-refractivity contribution in [3.05, 3.63) is 35.6 Å². The molecule has 2 saturated carbocycles. The molecule has 1 aromatic carbocycles. The maximum Gasteiger partial charge on any atom is 0.123 e. The van der Waals surface area contributed by atoms with E-state index in [1.54, 1.807) is 12.1 Å². The van der Waals surface area contributed by atoms with Crippen LogP contribution in [0, 0.1) is 11.7 Å². The SMILES string of the molecule is Fc1ccc(CCCN(CC2CCCCC2)C2CC2)cc1. The zero-order valence-electron chi connectivity index (χ0n) is 13.1. The van der Waals surface area contributed by atoms with Crippen molar-refractivity contribution in [2.45, 2.75) is 63.8 Å². The minimum Gasteiger partial charge on any atom is -0.300 e. The van der Waals surface area contributed by atoms with Crippen LogP contribution < -0.4 is 0 Å². The smallest absolute Gasteiger partial charge is 0.123 e. The molecule has 0 N–H and O–H groups in total. The number of benzene rings is 1. The predicted octanol–water partition coefficient (Wildman–Crippen LogP) is 4.80. The van der Waals surface area contributed by atoms with Gasteiger partial charge in [0, 0.05) is 12.6 Å². The number of halogens is 1. The Morgan fingerprint density at radius 1 is 0.952 bits per heavy atom. The zero-order valence-corrected chi connectivity index (χ0v) is 13.1. The quantitative estimate of drug-likeness (QED) is 0.696. The van der Waals surface area contributed by atoms with Crippen molar-refractivity contribution >= 4 is 0 Å². The second-order valence-corrected chi connectivity index (χ2v) is 6.96. The first kappa shape index (κ1) is 15.0. The molecular weight excluding hydrogens is 261 g/mol. The molecule has 2 aliphatic rings. The first-order valence-corrected chi connectivity index (χ1v) is 8.80. The number of nitrogens with zero attached hydrogens (tertiary/aromatic N) is 1. The summed E-state index contributed by atoms with van der Waals surface area (Å²) >= 11 is 0. The molecule has 0 amide bonds. The van der Waals surface area contributed by atoms with Gasteiger partial charge in [0.1, 0.15) is 5.82 Å². The Hall–Kier alpha value is -0.890. The van der Waals surface area contributed by atoms with Gasteiger partial charge < -0.3 is 4.90 Å². The van der Waals surface area contributed by atoms with Gasteiger partial charge in [0.25, 0.3) is 0 Å². The highest BCUT2D eigenvalue weighted by molar-refractivity contribution is 5.16. The molecule has 21 heavy (non-hydrogen) atoms. The highest BCUT2D eigenvalue weighted by Crippen LogP contribution is 2.31. The van der Waals surface area contributed by atoms with Gasteiger partial charge in [-0.1, -0.05) is 31.4 Å². The molecule has 0 unspecified atom stereocenters. The van der Waals surface area contributed by atoms with Crippen LogP contribution in [0.1, 0.15) is 56.9 Å². The topological polar surface area (TPSA) is 3.24 Å². The van der Waals surface area contributed by atoms with Gasteiger partial charge in [-0.2, -0.15) is 0 Å². The van der Waals surface area contributed by atoms with Crippen LogP contribution in [-0.4, -0.2) is 24.0 Å². The maximum absolute atomic E-state index is 12.9. The standard InChI is InChI=1S/C19H28FN/c20-18-10-8-16(9-11-18)7-4-14-21(19-12-13-19)15-17-5-2-1-3-6-17/h8-11,17,19H,1-7,12-15H2. The highest BCUT2D eigenvalue weighted by atomic mass is 19.1. The van der Waals surface area contributed by atoms with Crippen LogP contribution in [0.4, 0.5) is 4.39 Å². The fourth-order valence-electron chi connectivity index (χ4n) is 3.70. The molecule has 2 aliphatic carbocycles. The van der Waals surface area contributed by atoms with Crippen LogP contribution in [0.15, 0.2) is 24.3 Å². The summed E-state index contributed by atoms with van der Waals surface area (Å²) in [5.74, 6) is 0.820. The summed E-state index contributed by atoms with van der Waals surface area (Å²) in [6, 6.07) is 7.89. The van der Waals surface area contributed by atoms with Gasteiger partial charge >= 0.3 is 0 Å². The second-order valence-electron chi connectivity index (χ2n) is 6.96. The Morgan fingerprint density at radius 3 is 2.33 bits per heavy atom. The number of rotatable bonds is 7. The fraction of sp³-hybridized carbons (Fsp3) is 0.684. The molecule has 0 radical (unpaired) electrons.